The molecule has 0 aliphatic carbocycles. The van der Waals surface area contributed by atoms with E-state index in [1.165, 1.54) is 11.3 Å². The van der Waals surface area contributed by atoms with E-state index in [1.54, 1.807) is 6.20 Å². The van der Waals surface area contributed by atoms with Crippen LogP contribution in [0.15, 0.2) is 65.2 Å². The monoisotopic (exact) mass is 488 g/mol. The van der Waals surface area contributed by atoms with Crippen LogP contribution in [0.3, 0.4) is 0 Å². The molecule has 1 aliphatic heterocycles. The molecule has 0 atom stereocenters. The average molecular weight is 489 g/mol. The maximum atomic E-state index is 12.6. The highest BCUT2D eigenvalue weighted by molar-refractivity contribution is 7.13. The molecular weight excluding hydrogens is 456 g/mol. The highest BCUT2D eigenvalue weighted by Gasteiger charge is 2.29. The van der Waals surface area contributed by atoms with Gasteiger partial charge in [0.15, 0.2) is 0 Å². The van der Waals surface area contributed by atoms with Gasteiger partial charge in [-0.2, -0.15) is 5.10 Å². The molecule has 7 nitrogen and oxygen atoms in total. The van der Waals surface area contributed by atoms with Crippen LogP contribution in [0, 0.1) is 5.41 Å². The number of rotatable bonds is 5. The topological polar surface area (TPSA) is 65.8 Å². The first kappa shape index (κ1) is 23.5. The molecule has 1 fully saturated rings. The summed E-state index contributed by atoms with van der Waals surface area (Å²) >= 11 is 1.53. The van der Waals surface area contributed by atoms with Gasteiger partial charge < -0.3 is 9.47 Å². The highest BCUT2D eigenvalue weighted by Crippen LogP contribution is 2.21. The molecule has 0 spiro atoms. The summed E-state index contributed by atoms with van der Waals surface area (Å²) in [5.74, 6) is 0.245. The number of fused-ring (bicyclic) bond motifs is 2. The number of pyridine rings is 1. The van der Waals surface area contributed by atoms with Gasteiger partial charge in [-0.05, 0) is 12.1 Å². The van der Waals surface area contributed by atoms with E-state index < -0.39 is 0 Å². The number of benzene rings is 2. The first-order chi connectivity index (χ1) is 16.9. The van der Waals surface area contributed by atoms with Crippen LogP contribution in [-0.4, -0.2) is 58.0 Å². The minimum Gasteiger partial charge on any atom is -0.340 e. The number of hydrogen-bond acceptors (Lipinski definition) is 6. The number of amides is 1. The van der Waals surface area contributed by atoms with Crippen molar-refractivity contribution in [1.82, 2.24) is 19.4 Å². The lowest BCUT2D eigenvalue weighted by Gasteiger charge is -2.37. The van der Waals surface area contributed by atoms with E-state index in [0.29, 0.717) is 0 Å². The zero-order valence-electron chi connectivity index (χ0n) is 20.6. The van der Waals surface area contributed by atoms with Gasteiger partial charge in [0.2, 0.25) is 11.0 Å². The number of hydrogen-bond donors (Lipinski definition) is 1. The molecule has 0 unspecified atom stereocenters. The fraction of sp³-hybridized carbons (Fsp3) is 0.370. The number of thiazole rings is 1. The van der Waals surface area contributed by atoms with Crippen LogP contribution in [0.4, 0.5) is 5.13 Å². The van der Waals surface area contributed by atoms with Crippen molar-refractivity contribution in [3.8, 4) is 0 Å². The Balaban J connectivity index is 1.43. The Kier molecular flexibility index (Phi) is 6.58. The Bertz CT molecular complexity index is 1330. The maximum absolute atomic E-state index is 12.6. The van der Waals surface area contributed by atoms with E-state index in [-0.39, 0.29) is 11.3 Å². The van der Waals surface area contributed by atoms with E-state index >= 15 is 0 Å². The second kappa shape index (κ2) is 9.79. The molecule has 1 N–H and O–H groups in total. The van der Waals surface area contributed by atoms with Crippen LogP contribution in [0.2, 0.25) is 0 Å². The molecular formula is C27H32N6OS. The van der Waals surface area contributed by atoms with E-state index in [2.05, 4.69) is 68.4 Å². The lowest BCUT2D eigenvalue weighted by Crippen LogP contribution is -2.52. The zero-order valence-corrected chi connectivity index (χ0v) is 21.4. The molecule has 5 rings (SSSR count). The van der Waals surface area contributed by atoms with Crippen LogP contribution < -0.4 is 10.8 Å². The second-order valence-electron chi connectivity index (χ2n) is 9.98. The number of nitrogens with zero attached hydrogens (tertiary/aromatic N) is 5. The maximum Gasteiger partial charge on any atom is 0.228 e. The lowest BCUT2D eigenvalue weighted by atomic mass is 9.94. The smallest absolute Gasteiger partial charge is 0.228 e. The summed E-state index contributed by atoms with van der Waals surface area (Å²) < 4.78 is 2.40. The molecule has 2 aromatic heterocycles. The third-order valence-electron chi connectivity index (χ3n) is 6.54. The van der Waals surface area contributed by atoms with Gasteiger partial charge >= 0.3 is 0 Å². The molecule has 35 heavy (non-hydrogen) atoms. The van der Waals surface area contributed by atoms with Gasteiger partial charge in [-0.15, -0.1) is 11.3 Å². The largest absolute Gasteiger partial charge is 0.340 e. The van der Waals surface area contributed by atoms with E-state index in [4.69, 9.17) is 5.10 Å². The van der Waals surface area contributed by atoms with E-state index in [0.717, 1.165) is 71.6 Å². The average Bonchev–Trinajstić information content (AvgIpc) is 3.39. The van der Waals surface area contributed by atoms with Crippen molar-refractivity contribution < 1.29 is 4.79 Å². The van der Waals surface area contributed by atoms with Gasteiger partial charge in [0.1, 0.15) is 5.36 Å². The molecule has 1 aliphatic rings. The third kappa shape index (κ3) is 4.94. The van der Waals surface area contributed by atoms with Crippen LogP contribution in [0.25, 0.3) is 21.8 Å². The molecule has 0 saturated carbocycles. The summed E-state index contributed by atoms with van der Waals surface area (Å²) in [5.41, 5.74) is 5.13. The fourth-order valence-corrected chi connectivity index (χ4v) is 5.20. The Hall–Kier alpha value is -3.23. The summed E-state index contributed by atoms with van der Waals surface area (Å²) in [5, 5.41) is 10.6. The number of para-hydroxylation sites is 2. The number of piperazine rings is 1. The van der Waals surface area contributed by atoms with Crippen LogP contribution in [0.5, 0.6) is 0 Å². The summed E-state index contributed by atoms with van der Waals surface area (Å²) in [6, 6.07) is 16.9. The summed E-state index contributed by atoms with van der Waals surface area (Å²) in [4.78, 5) is 21.4. The van der Waals surface area contributed by atoms with Gasteiger partial charge in [-0.25, -0.2) is 4.98 Å². The van der Waals surface area contributed by atoms with Gasteiger partial charge in [0.05, 0.1) is 11.0 Å². The Morgan fingerprint density at radius 1 is 0.971 bits per heavy atom. The van der Waals surface area contributed by atoms with Crippen LogP contribution in [0.1, 0.15) is 20.8 Å². The number of anilines is 1. The normalized spacial score (nSPS) is 15.0. The number of carbonyl (C=O) groups excluding carboxylic acids is 1. The third-order valence-corrected chi connectivity index (χ3v) is 7.21. The molecule has 1 amide bonds. The van der Waals surface area contributed by atoms with Crippen LogP contribution in [-0.2, 0) is 11.3 Å². The van der Waals surface area contributed by atoms with E-state index in [1.807, 2.05) is 31.1 Å². The van der Waals surface area contributed by atoms with Gasteiger partial charge in [-0.1, -0.05) is 57.2 Å². The highest BCUT2D eigenvalue weighted by atomic mass is 32.1. The standard InChI is InChI=1S/C27H32N6OS/c1-27(2,3)25(34)32-16-13-31(14-17-32)15-18-33-22-10-6-4-8-20(22)24(21-9-5-7-11-23(21)33)29-30-26-28-12-19-35-26/h4-12,19H,13-18H2,1-3H3,(H,28,30). The molecule has 1 saturated heterocycles. The minimum atomic E-state index is -0.322. The van der Waals surface area contributed by atoms with Crippen molar-refractivity contribution in [3.63, 3.8) is 0 Å². The van der Waals surface area contributed by atoms with Crippen molar-refractivity contribution >= 4 is 44.2 Å². The first-order valence-electron chi connectivity index (χ1n) is 12.1. The SMILES string of the molecule is CC(C)(C)C(=O)N1CCN(CCn2c3ccccc3c(=NNc3nccs3)c3ccccc32)CC1. The van der Waals surface area contributed by atoms with Crippen molar-refractivity contribution in [2.75, 3.05) is 38.1 Å². The lowest BCUT2D eigenvalue weighted by molar-refractivity contribution is -0.141. The number of carbonyl (C=O) groups is 1. The Morgan fingerprint density at radius 3 is 2.17 bits per heavy atom. The van der Waals surface area contributed by atoms with Crippen molar-refractivity contribution in [3.05, 3.63) is 65.5 Å². The van der Waals surface area contributed by atoms with Crippen molar-refractivity contribution in [2.45, 2.75) is 27.3 Å². The molecule has 3 heterocycles. The molecule has 2 aromatic carbocycles. The second-order valence-corrected chi connectivity index (χ2v) is 10.9. The molecule has 0 bridgehead atoms. The summed E-state index contributed by atoms with van der Waals surface area (Å²) in [6.07, 6.45) is 1.77. The Morgan fingerprint density at radius 2 is 1.60 bits per heavy atom. The van der Waals surface area contributed by atoms with Gasteiger partial charge in [0.25, 0.3) is 0 Å². The van der Waals surface area contributed by atoms with Crippen LogP contribution >= 0.6 is 11.3 Å². The molecule has 4 aromatic rings. The first-order valence-corrected chi connectivity index (χ1v) is 13.0. The van der Waals surface area contributed by atoms with Crippen molar-refractivity contribution in [2.24, 2.45) is 10.5 Å². The molecule has 8 heteroatoms. The number of nitrogens with one attached hydrogen (secondary N) is 1. The number of aromatic nitrogens is 2. The molecule has 0 radical (unpaired) electrons. The molecule has 182 valence electrons. The summed E-state index contributed by atoms with van der Waals surface area (Å²) in [6.45, 7) is 11.2. The minimum absolute atomic E-state index is 0.245. The zero-order chi connectivity index (χ0) is 24.4. The van der Waals surface area contributed by atoms with Gasteiger partial charge in [0, 0.05) is 67.0 Å². The van der Waals surface area contributed by atoms with Gasteiger partial charge in [-0.3, -0.25) is 15.1 Å². The fourth-order valence-electron chi connectivity index (χ4n) is 4.73. The predicted molar refractivity (Wildman–Crippen MR) is 143 cm³/mol. The Labute approximate surface area is 209 Å². The van der Waals surface area contributed by atoms with Crippen molar-refractivity contribution in [1.29, 1.82) is 0 Å². The summed E-state index contributed by atoms with van der Waals surface area (Å²) in [7, 11) is 0. The quantitative estimate of drug-likeness (QED) is 0.335. The van der Waals surface area contributed by atoms with E-state index in [9.17, 15) is 4.79 Å². The predicted octanol–water partition coefficient (Wildman–Crippen LogP) is 4.37.